The molecule has 2 aliphatic rings. The number of fused-ring (bicyclic) bond motifs is 1. The van der Waals surface area contributed by atoms with E-state index in [9.17, 15) is 14.4 Å². The zero-order valence-electron chi connectivity index (χ0n) is 16.2. The zero-order chi connectivity index (χ0) is 20.5. The Balaban J connectivity index is 2.20. The minimum atomic E-state index is -0.675. The fourth-order valence-electron chi connectivity index (χ4n) is 3.30. The van der Waals surface area contributed by atoms with Gasteiger partial charge in [0.05, 0.1) is 19.8 Å². The van der Waals surface area contributed by atoms with Crippen molar-refractivity contribution < 1.29 is 23.9 Å². The van der Waals surface area contributed by atoms with E-state index >= 15 is 0 Å². The molecule has 1 amide bonds. The van der Waals surface area contributed by atoms with Gasteiger partial charge in [0.2, 0.25) is 0 Å². The molecule has 0 bridgehead atoms. The maximum atomic E-state index is 12.5. The Morgan fingerprint density at radius 3 is 2.50 bits per heavy atom. The van der Waals surface area contributed by atoms with Crippen molar-refractivity contribution in [1.29, 1.82) is 0 Å². The van der Waals surface area contributed by atoms with Gasteiger partial charge in [-0.2, -0.15) is 0 Å². The number of nitrogens with one attached hydrogen (secondary N) is 1. The summed E-state index contributed by atoms with van der Waals surface area (Å²) >= 11 is 0. The van der Waals surface area contributed by atoms with Gasteiger partial charge in [0.25, 0.3) is 5.91 Å². The van der Waals surface area contributed by atoms with Crippen LogP contribution in [-0.2, 0) is 24.5 Å². The molecule has 0 saturated heterocycles. The number of amides is 1. The van der Waals surface area contributed by atoms with Crippen LogP contribution in [-0.4, -0.2) is 38.6 Å². The number of carbonyl (C=O) groups is 3. The lowest BCUT2D eigenvalue weighted by Gasteiger charge is -2.34. The molecule has 0 aliphatic carbocycles. The molecule has 146 valence electrons. The highest BCUT2D eigenvalue weighted by Crippen LogP contribution is 2.35. The molecule has 0 radical (unpaired) electrons. The number of hydrogen-bond acceptors (Lipinski definition) is 6. The smallest absolute Gasteiger partial charge is 0.355 e. The molecule has 1 aromatic rings. The van der Waals surface area contributed by atoms with Gasteiger partial charge in [-0.1, -0.05) is 19.9 Å². The molecule has 0 aromatic heterocycles. The van der Waals surface area contributed by atoms with Gasteiger partial charge in [-0.25, -0.2) is 9.59 Å². The van der Waals surface area contributed by atoms with Crippen LogP contribution in [0.2, 0.25) is 0 Å². The molecule has 0 fully saturated rings. The van der Waals surface area contributed by atoms with Crippen LogP contribution in [0.3, 0.4) is 0 Å². The maximum Gasteiger partial charge on any atom is 0.355 e. The first-order chi connectivity index (χ1) is 13.3. The van der Waals surface area contributed by atoms with Crippen molar-refractivity contribution in [3.05, 3.63) is 65.0 Å². The Kier molecular flexibility index (Phi) is 5.09. The quantitative estimate of drug-likeness (QED) is 0.807. The van der Waals surface area contributed by atoms with E-state index in [-0.39, 0.29) is 22.6 Å². The normalized spacial score (nSPS) is 17.6. The molecule has 0 atom stereocenters. The highest BCUT2D eigenvalue weighted by Gasteiger charge is 2.33. The molecule has 0 unspecified atom stereocenters. The summed E-state index contributed by atoms with van der Waals surface area (Å²) in [6.45, 7) is 4.57. The standard InChI is InChI=1S/C21H22N2O5/c1-21(2)12-22-18(24)14-9-8-13(11-16(14)21)23-10-6-5-7-15(19(25)27-3)17(23)20(26)28-4/h5-11H,12H2,1-4H3,(H,22,24). The first kappa shape index (κ1) is 19.4. The van der Waals surface area contributed by atoms with Crippen molar-refractivity contribution in [3.63, 3.8) is 0 Å². The topological polar surface area (TPSA) is 84.9 Å². The Morgan fingerprint density at radius 2 is 1.82 bits per heavy atom. The monoisotopic (exact) mass is 382 g/mol. The molecular weight excluding hydrogens is 360 g/mol. The Morgan fingerprint density at radius 1 is 1.11 bits per heavy atom. The first-order valence-corrected chi connectivity index (χ1v) is 8.78. The summed E-state index contributed by atoms with van der Waals surface area (Å²) in [7, 11) is 2.50. The number of hydrogen-bond donors (Lipinski definition) is 1. The molecule has 2 aliphatic heterocycles. The number of benzene rings is 1. The second-order valence-corrected chi connectivity index (χ2v) is 7.11. The summed E-state index contributed by atoms with van der Waals surface area (Å²) < 4.78 is 9.74. The van der Waals surface area contributed by atoms with Gasteiger partial charge in [-0.05, 0) is 35.9 Å². The van der Waals surface area contributed by atoms with E-state index in [4.69, 9.17) is 9.47 Å². The van der Waals surface area contributed by atoms with E-state index in [0.29, 0.717) is 17.8 Å². The lowest BCUT2D eigenvalue weighted by Crippen LogP contribution is -2.43. The van der Waals surface area contributed by atoms with E-state index in [1.54, 1.807) is 35.4 Å². The van der Waals surface area contributed by atoms with Gasteiger partial charge in [0, 0.05) is 29.4 Å². The van der Waals surface area contributed by atoms with Gasteiger partial charge in [0.1, 0.15) is 5.70 Å². The van der Waals surface area contributed by atoms with E-state index < -0.39 is 11.9 Å². The number of ether oxygens (including phenoxy) is 2. The highest BCUT2D eigenvalue weighted by atomic mass is 16.5. The second kappa shape index (κ2) is 7.34. The van der Waals surface area contributed by atoms with Gasteiger partial charge in [-0.15, -0.1) is 0 Å². The number of esters is 2. The molecular formula is C21H22N2O5. The highest BCUT2D eigenvalue weighted by molar-refractivity contribution is 6.05. The van der Waals surface area contributed by atoms with Gasteiger partial charge >= 0.3 is 11.9 Å². The van der Waals surface area contributed by atoms with Crippen molar-refractivity contribution in [2.24, 2.45) is 0 Å². The van der Waals surface area contributed by atoms with Crippen LogP contribution >= 0.6 is 0 Å². The predicted molar refractivity (Wildman–Crippen MR) is 104 cm³/mol. The maximum absolute atomic E-state index is 12.5. The number of methoxy groups -OCH3 is 2. The van der Waals surface area contributed by atoms with Crippen LogP contribution in [0.1, 0.15) is 29.8 Å². The molecule has 1 aromatic carbocycles. The van der Waals surface area contributed by atoms with Crippen molar-refractivity contribution in [2.45, 2.75) is 19.3 Å². The second-order valence-electron chi connectivity index (χ2n) is 7.11. The molecule has 1 N–H and O–H groups in total. The van der Waals surface area contributed by atoms with Gasteiger partial charge in [0.15, 0.2) is 0 Å². The zero-order valence-corrected chi connectivity index (χ0v) is 16.2. The van der Waals surface area contributed by atoms with Gasteiger partial charge in [-0.3, -0.25) is 4.79 Å². The van der Waals surface area contributed by atoms with E-state index in [1.165, 1.54) is 20.3 Å². The van der Waals surface area contributed by atoms with Crippen molar-refractivity contribution >= 4 is 23.5 Å². The molecule has 28 heavy (non-hydrogen) atoms. The van der Waals surface area contributed by atoms with Crippen LogP contribution in [0.4, 0.5) is 5.69 Å². The first-order valence-electron chi connectivity index (χ1n) is 8.78. The average molecular weight is 382 g/mol. The molecule has 3 rings (SSSR count). The van der Waals surface area contributed by atoms with Crippen molar-refractivity contribution in [2.75, 3.05) is 25.7 Å². The Hall–Kier alpha value is -3.35. The summed E-state index contributed by atoms with van der Waals surface area (Å²) in [6, 6.07) is 5.31. The fraction of sp³-hybridized carbons (Fsp3) is 0.286. The Labute approximate surface area is 163 Å². The van der Waals surface area contributed by atoms with Crippen molar-refractivity contribution in [3.8, 4) is 0 Å². The lowest BCUT2D eigenvalue weighted by molar-refractivity contribution is -0.139. The molecule has 7 heteroatoms. The fourth-order valence-corrected chi connectivity index (χ4v) is 3.30. The van der Waals surface area contributed by atoms with Crippen LogP contribution in [0, 0.1) is 0 Å². The van der Waals surface area contributed by atoms with Crippen LogP contribution in [0.15, 0.2) is 53.9 Å². The van der Waals surface area contributed by atoms with Crippen LogP contribution in [0.25, 0.3) is 0 Å². The summed E-state index contributed by atoms with van der Waals surface area (Å²) in [4.78, 5) is 38.6. The van der Waals surface area contributed by atoms with Crippen molar-refractivity contribution in [1.82, 2.24) is 5.32 Å². The van der Waals surface area contributed by atoms with Crippen LogP contribution in [0.5, 0.6) is 0 Å². The third-order valence-electron chi connectivity index (χ3n) is 4.84. The predicted octanol–water partition coefficient (Wildman–Crippen LogP) is 2.20. The number of rotatable bonds is 3. The lowest BCUT2D eigenvalue weighted by atomic mass is 9.78. The summed E-state index contributed by atoms with van der Waals surface area (Å²) in [5.41, 5.74) is 1.92. The van der Waals surface area contributed by atoms with E-state index in [0.717, 1.165) is 5.56 Å². The third-order valence-corrected chi connectivity index (χ3v) is 4.84. The Bertz CT molecular complexity index is 940. The van der Waals surface area contributed by atoms with Crippen LogP contribution < -0.4 is 10.2 Å². The largest absolute Gasteiger partial charge is 0.465 e. The third kappa shape index (κ3) is 3.31. The average Bonchev–Trinajstić information content (AvgIpc) is 2.92. The number of anilines is 1. The van der Waals surface area contributed by atoms with E-state index in [2.05, 4.69) is 5.32 Å². The van der Waals surface area contributed by atoms with E-state index in [1.807, 2.05) is 19.9 Å². The summed E-state index contributed by atoms with van der Waals surface area (Å²) in [6.07, 6.45) is 6.52. The van der Waals surface area contributed by atoms with Gasteiger partial charge < -0.3 is 19.7 Å². The molecule has 7 nitrogen and oxygen atoms in total. The minimum Gasteiger partial charge on any atom is -0.465 e. The number of carbonyl (C=O) groups excluding carboxylic acids is 3. The summed E-state index contributed by atoms with van der Waals surface area (Å²) in [5.74, 6) is -1.46. The minimum absolute atomic E-state index is 0.0392. The number of nitrogens with zero attached hydrogens (tertiary/aromatic N) is 1. The molecule has 0 saturated carbocycles. The molecule has 0 spiro atoms. The number of allylic oxidation sites excluding steroid dienone is 2. The SMILES string of the molecule is COC(=O)C1=C(C(=O)OC)N(c2ccc3c(c2)C(C)(C)CNC3=O)C=CC=C1. The molecule has 2 heterocycles. The summed E-state index contributed by atoms with van der Waals surface area (Å²) in [5, 5.41) is 2.88.